The topological polar surface area (TPSA) is 51.8 Å². The molecule has 1 aromatic heterocycles. The van der Waals surface area contributed by atoms with E-state index in [1.54, 1.807) is 6.20 Å². The summed E-state index contributed by atoms with van der Waals surface area (Å²) in [6.07, 6.45) is 2.45. The second kappa shape index (κ2) is 5.25. The van der Waals surface area contributed by atoms with E-state index >= 15 is 0 Å². The van der Waals surface area contributed by atoms with Gasteiger partial charge < -0.3 is 5.73 Å². The largest absolute Gasteiger partial charge is 0.322 e. The summed E-state index contributed by atoms with van der Waals surface area (Å²) in [5, 5.41) is 0.730. The van der Waals surface area contributed by atoms with E-state index in [1.165, 1.54) is 0 Å². The molecule has 1 unspecified atom stereocenters. The first-order chi connectivity index (χ1) is 8.15. The molecule has 2 N–H and O–H groups in total. The van der Waals surface area contributed by atoms with Crippen molar-refractivity contribution in [1.29, 1.82) is 0 Å². The molecule has 4 heteroatoms. The predicted octanol–water partition coefficient (Wildman–Crippen LogP) is 2.68. The van der Waals surface area contributed by atoms with Crippen LogP contribution in [0, 0.1) is 6.92 Å². The van der Waals surface area contributed by atoms with Crippen molar-refractivity contribution in [2.75, 3.05) is 0 Å². The lowest BCUT2D eigenvalue weighted by Gasteiger charge is -2.11. The number of benzene rings is 1. The van der Waals surface area contributed by atoms with E-state index in [0.29, 0.717) is 0 Å². The van der Waals surface area contributed by atoms with Crippen molar-refractivity contribution in [1.82, 2.24) is 9.97 Å². The van der Waals surface area contributed by atoms with E-state index in [0.717, 1.165) is 28.5 Å². The van der Waals surface area contributed by atoms with Crippen LogP contribution in [0.3, 0.4) is 0 Å². The summed E-state index contributed by atoms with van der Waals surface area (Å²) >= 11 is 5.93. The Balaban J connectivity index is 2.14. The van der Waals surface area contributed by atoms with Gasteiger partial charge in [-0.3, -0.25) is 0 Å². The molecule has 3 nitrogen and oxygen atoms in total. The molecule has 1 heterocycles. The molecular formula is C13H14ClN3. The van der Waals surface area contributed by atoms with Crippen LogP contribution in [0.25, 0.3) is 0 Å². The molecule has 17 heavy (non-hydrogen) atoms. The third-order valence-corrected chi connectivity index (χ3v) is 2.76. The third-order valence-electron chi connectivity index (χ3n) is 2.52. The van der Waals surface area contributed by atoms with Gasteiger partial charge in [-0.25, -0.2) is 9.97 Å². The molecule has 0 saturated carbocycles. The van der Waals surface area contributed by atoms with Gasteiger partial charge in [0.2, 0.25) is 0 Å². The Morgan fingerprint density at radius 1 is 1.35 bits per heavy atom. The quantitative estimate of drug-likeness (QED) is 0.907. The first-order valence-corrected chi connectivity index (χ1v) is 5.82. The minimum Gasteiger partial charge on any atom is -0.322 e. The maximum absolute atomic E-state index is 6.11. The average Bonchev–Trinajstić information content (AvgIpc) is 2.29. The third kappa shape index (κ3) is 3.25. The molecule has 0 saturated heterocycles. The number of aryl methyl sites for hydroxylation is 1. The Hall–Kier alpha value is -1.45. The smallest absolute Gasteiger partial charge is 0.125 e. The number of hydrogen-bond donors (Lipinski definition) is 1. The Bertz CT molecular complexity index is 514. The lowest BCUT2D eigenvalue weighted by atomic mass is 10.0. The summed E-state index contributed by atoms with van der Waals surface area (Å²) in [4.78, 5) is 8.38. The normalized spacial score (nSPS) is 12.4. The Labute approximate surface area is 106 Å². The molecule has 0 amide bonds. The van der Waals surface area contributed by atoms with Crippen molar-refractivity contribution in [3.05, 3.63) is 58.6 Å². The second-order valence-corrected chi connectivity index (χ2v) is 4.41. The van der Waals surface area contributed by atoms with Crippen LogP contribution >= 0.6 is 11.6 Å². The minimum absolute atomic E-state index is 0.129. The predicted molar refractivity (Wildman–Crippen MR) is 68.9 cm³/mol. The van der Waals surface area contributed by atoms with Gasteiger partial charge in [0.25, 0.3) is 0 Å². The number of nitrogens with two attached hydrogens (primary N) is 1. The van der Waals surface area contributed by atoms with E-state index in [2.05, 4.69) is 9.97 Å². The Kier molecular flexibility index (Phi) is 3.71. The molecule has 88 valence electrons. The lowest BCUT2D eigenvalue weighted by Crippen LogP contribution is -2.15. The Morgan fingerprint density at radius 2 is 2.18 bits per heavy atom. The number of aromatic nitrogens is 2. The zero-order chi connectivity index (χ0) is 12.3. The van der Waals surface area contributed by atoms with Crippen molar-refractivity contribution in [2.24, 2.45) is 5.73 Å². The lowest BCUT2D eigenvalue weighted by molar-refractivity contribution is 0.688. The van der Waals surface area contributed by atoms with Crippen LogP contribution in [0.4, 0.5) is 0 Å². The van der Waals surface area contributed by atoms with E-state index in [1.807, 2.05) is 37.3 Å². The summed E-state index contributed by atoms with van der Waals surface area (Å²) < 4.78 is 0. The van der Waals surface area contributed by atoms with Gasteiger partial charge in [-0.15, -0.1) is 0 Å². The molecule has 0 spiro atoms. The van der Waals surface area contributed by atoms with Gasteiger partial charge in [0.15, 0.2) is 0 Å². The summed E-state index contributed by atoms with van der Waals surface area (Å²) in [6, 6.07) is 9.44. The highest BCUT2D eigenvalue weighted by molar-refractivity contribution is 6.30. The van der Waals surface area contributed by atoms with E-state index in [-0.39, 0.29) is 6.04 Å². The average molecular weight is 248 g/mol. The fourth-order valence-corrected chi connectivity index (χ4v) is 1.92. The molecule has 2 rings (SSSR count). The summed E-state index contributed by atoms with van der Waals surface area (Å²) in [5.41, 5.74) is 8.08. The summed E-state index contributed by atoms with van der Waals surface area (Å²) in [5.74, 6) is 0.740. The van der Waals surface area contributed by atoms with Gasteiger partial charge in [-0.2, -0.15) is 0 Å². The van der Waals surface area contributed by atoms with E-state index in [4.69, 9.17) is 17.3 Å². The minimum atomic E-state index is -0.129. The van der Waals surface area contributed by atoms with Gasteiger partial charge in [-0.1, -0.05) is 23.7 Å². The maximum Gasteiger partial charge on any atom is 0.125 e. The van der Waals surface area contributed by atoms with Gasteiger partial charge in [0, 0.05) is 11.2 Å². The fourth-order valence-electron chi connectivity index (χ4n) is 1.70. The highest BCUT2D eigenvalue weighted by Crippen LogP contribution is 2.17. The van der Waals surface area contributed by atoms with Crippen LogP contribution < -0.4 is 5.73 Å². The number of rotatable bonds is 3. The van der Waals surface area contributed by atoms with Gasteiger partial charge in [0.05, 0.1) is 11.7 Å². The second-order valence-electron chi connectivity index (χ2n) is 3.97. The molecule has 0 aliphatic rings. The number of hydrogen-bond acceptors (Lipinski definition) is 3. The zero-order valence-corrected chi connectivity index (χ0v) is 10.4. The number of nitrogens with zero attached hydrogens (tertiary/aromatic N) is 2. The fraction of sp³-hybridized carbons (Fsp3) is 0.231. The molecule has 0 fully saturated rings. The van der Waals surface area contributed by atoms with Crippen molar-refractivity contribution in [3.8, 4) is 0 Å². The first kappa shape index (κ1) is 12.0. The van der Waals surface area contributed by atoms with E-state index in [9.17, 15) is 0 Å². The van der Waals surface area contributed by atoms with Crippen LogP contribution in [-0.4, -0.2) is 9.97 Å². The van der Waals surface area contributed by atoms with Crippen LogP contribution in [-0.2, 0) is 6.42 Å². The van der Waals surface area contributed by atoms with Crippen molar-refractivity contribution in [3.63, 3.8) is 0 Å². The summed E-state index contributed by atoms with van der Waals surface area (Å²) in [7, 11) is 0. The van der Waals surface area contributed by atoms with Crippen LogP contribution in [0.1, 0.15) is 23.1 Å². The first-order valence-electron chi connectivity index (χ1n) is 5.45. The van der Waals surface area contributed by atoms with Gasteiger partial charge in [0.1, 0.15) is 5.82 Å². The van der Waals surface area contributed by atoms with Crippen LogP contribution in [0.5, 0.6) is 0 Å². The monoisotopic (exact) mass is 247 g/mol. The van der Waals surface area contributed by atoms with Crippen LogP contribution in [0.2, 0.25) is 5.02 Å². The van der Waals surface area contributed by atoms with Gasteiger partial charge in [-0.05, 0) is 37.1 Å². The molecule has 0 aliphatic heterocycles. The standard InChI is InChI=1S/C13H14ClN3/c1-9-16-6-5-13(17-9)12(15)8-10-3-2-4-11(14)7-10/h2-7,12H,8,15H2,1H3. The molecule has 0 radical (unpaired) electrons. The Morgan fingerprint density at radius 3 is 2.88 bits per heavy atom. The van der Waals surface area contributed by atoms with Crippen molar-refractivity contribution < 1.29 is 0 Å². The molecule has 1 aromatic carbocycles. The summed E-state index contributed by atoms with van der Waals surface area (Å²) in [6.45, 7) is 1.86. The zero-order valence-electron chi connectivity index (χ0n) is 9.60. The highest BCUT2D eigenvalue weighted by atomic mass is 35.5. The molecule has 0 bridgehead atoms. The number of halogens is 1. The molecule has 1 atom stereocenters. The van der Waals surface area contributed by atoms with Crippen LogP contribution in [0.15, 0.2) is 36.5 Å². The SMILES string of the molecule is Cc1nccc(C(N)Cc2cccc(Cl)c2)n1. The molecular weight excluding hydrogens is 234 g/mol. The highest BCUT2D eigenvalue weighted by Gasteiger charge is 2.09. The van der Waals surface area contributed by atoms with Crippen molar-refractivity contribution in [2.45, 2.75) is 19.4 Å². The van der Waals surface area contributed by atoms with E-state index < -0.39 is 0 Å². The molecule has 0 aliphatic carbocycles. The molecule has 2 aromatic rings. The van der Waals surface area contributed by atoms with Gasteiger partial charge >= 0.3 is 0 Å². The van der Waals surface area contributed by atoms with Crippen molar-refractivity contribution >= 4 is 11.6 Å². The maximum atomic E-state index is 6.11.